The first-order chi connectivity index (χ1) is 11.7. The fourth-order valence-electron chi connectivity index (χ4n) is 4.82. The Bertz CT molecular complexity index is 456. The number of nitrogens with zero attached hydrogens (tertiary/aromatic N) is 2. The van der Waals surface area contributed by atoms with Gasteiger partial charge in [0.15, 0.2) is 5.96 Å². The van der Waals surface area contributed by atoms with E-state index in [0.29, 0.717) is 24.4 Å². The minimum atomic E-state index is 0. The van der Waals surface area contributed by atoms with E-state index >= 15 is 0 Å². The second-order valence-electron chi connectivity index (χ2n) is 8.01. The van der Waals surface area contributed by atoms with E-state index in [-0.39, 0.29) is 29.9 Å². The predicted octanol–water partition coefficient (Wildman–Crippen LogP) is 3.28. The van der Waals surface area contributed by atoms with Crippen LogP contribution >= 0.6 is 24.0 Å². The number of guanidine groups is 1. The molecule has 2 aliphatic carbocycles. The standard InChI is InChI=1S/C19H34N4O.HI/c1-20-18(21-13-9-17(24)22-16-7-3-4-8-16)23-14-12-19(15-23)10-5-2-6-11-19;/h16H,2-15H2,1H3,(H,20,21)(H,22,24);1H. The zero-order valence-corrected chi connectivity index (χ0v) is 18.0. The SMILES string of the molecule is CN=C(NCCC(=O)NC1CCCC1)N1CCC2(CCCCC2)C1.I. The molecule has 1 aliphatic heterocycles. The highest BCUT2D eigenvalue weighted by atomic mass is 127. The van der Waals surface area contributed by atoms with Gasteiger partial charge in [-0.25, -0.2) is 0 Å². The van der Waals surface area contributed by atoms with E-state index in [1.807, 2.05) is 7.05 Å². The molecule has 0 atom stereocenters. The van der Waals surface area contributed by atoms with E-state index in [1.165, 1.54) is 51.4 Å². The van der Waals surface area contributed by atoms with E-state index in [2.05, 4.69) is 20.5 Å². The lowest BCUT2D eigenvalue weighted by Gasteiger charge is -2.33. The molecule has 25 heavy (non-hydrogen) atoms. The third-order valence-electron chi connectivity index (χ3n) is 6.22. The summed E-state index contributed by atoms with van der Waals surface area (Å²) in [5.74, 6) is 1.15. The number of carbonyl (C=O) groups is 1. The molecule has 1 amide bonds. The Morgan fingerprint density at radius 1 is 1.12 bits per heavy atom. The third-order valence-corrected chi connectivity index (χ3v) is 6.22. The van der Waals surface area contributed by atoms with Crippen LogP contribution in [0.25, 0.3) is 0 Å². The number of amides is 1. The highest BCUT2D eigenvalue weighted by Crippen LogP contribution is 2.43. The van der Waals surface area contributed by atoms with Gasteiger partial charge in [0, 0.05) is 39.1 Å². The quantitative estimate of drug-likeness (QED) is 0.383. The van der Waals surface area contributed by atoms with E-state index in [4.69, 9.17) is 0 Å². The fourth-order valence-corrected chi connectivity index (χ4v) is 4.82. The number of carbonyl (C=O) groups excluding carboxylic acids is 1. The average molecular weight is 462 g/mol. The minimum Gasteiger partial charge on any atom is -0.356 e. The second kappa shape index (κ2) is 9.97. The molecule has 0 aromatic carbocycles. The summed E-state index contributed by atoms with van der Waals surface area (Å²) < 4.78 is 0. The Kier molecular flexibility index (Phi) is 8.29. The topological polar surface area (TPSA) is 56.7 Å². The lowest BCUT2D eigenvalue weighted by Crippen LogP contribution is -2.43. The van der Waals surface area contributed by atoms with Crippen molar-refractivity contribution in [3.8, 4) is 0 Å². The van der Waals surface area contributed by atoms with Crippen LogP contribution < -0.4 is 10.6 Å². The van der Waals surface area contributed by atoms with Gasteiger partial charge >= 0.3 is 0 Å². The summed E-state index contributed by atoms with van der Waals surface area (Å²) in [7, 11) is 1.85. The van der Waals surface area contributed by atoms with E-state index in [9.17, 15) is 4.79 Å². The molecule has 0 radical (unpaired) electrons. The summed E-state index contributed by atoms with van der Waals surface area (Å²) in [6.07, 6.45) is 13.6. The van der Waals surface area contributed by atoms with Crippen molar-refractivity contribution in [2.45, 2.75) is 76.7 Å². The average Bonchev–Trinajstić information content (AvgIpc) is 3.23. The minimum absolute atomic E-state index is 0. The van der Waals surface area contributed by atoms with Crippen molar-refractivity contribution in [1.82, 2.24) is 15.5 Å². The summed E-state index contributed by atoms with van der Waals surface area (Å²) in [6, 6.07) is 0.418. The molecule has 0 aromatic rings. The summed E-state index contributed by atoms with van der Waals surface area (Å²) in [6.45, 7) is 2.92. The van der Waals surface area contributed by atoms with E-state index < -0.39 is 0 Å². The van der Waals surface area contributed by atoms with Gasteiger partial charge in [0.1, 0.15) is 0 Å². The van der Waals surface area contributed by atoms with Gasteiger partial charge in [0.05, 0.1) is 0 Å². The third kappa shape index (κ3) is 5.73. The molecule has 144 valence electrons. The summed E-state index contributed by atoms with van der Waals surface area (Å²) in [5.41, 5.74) is 0.537. The van der Waals surface area contributed by atoms with Crippen LogP contribution in [0.1, 0.15) is 70.6 Å². The first-order valence-corrected chi connectivity index (χ1v) is 9.96. The summed E-state index contributed by atoms with van der Waals surface area (Å²) in [5, 5.41) is 6.56. The van der Waals surface area contributed by atoms with Crippen molar-refractivity contribution < 1.29 is 4.79 Å². The van der Waals surface area contributed by atoms with Crippen LogP contribution in [0.5, 0.6) is 0 Å². The molecule has 3 aliphatic rings. The van der Waals surface area contributed by atoms with Gasteiger partial charge in [-0.15, -0.1) is 24.0 Å². The first kappa shape index (κ1) is 20.8. The Balaban J connectivity index is 0.00000225. The van der Waals surface area contributed by atoms with Crippen molar-refractivity contribution in [1.29, 1.82) is 0 Å². The van der Waals surface area contributed by atoms with Crippen LogP contribution in [0.3, 0.4) is 0 Å². The van der Waals surface area contributed by atoms with E-state index in [1.54, 1.807) is 0 Å². The molecule has 3 rings (SSSR count). The molecular weight excluding hydrogens is 427 g/mol. The molecule has 1 spiro atoms. The summed E-state index contributed by atoms with van der Waals surface area (Å²) in [4.78, 5) is 18.9. The number of aliphatic imine (C=N–C) groups is 1. The Morgan fingerprint density at radius 3 is 2.52 bits per heavy atom. The predicted molar refractivity (Wildman–Crippen MR) is 114 cm³/mol. The van der Waals surface area contributed by atoms with Crippen molar-refractivity contribution in [3.05, 3.63) is 0 Å². The van der Waals surface area contributed by atoms with E-state index in [0.717, 1.165) is 31.9 Å². The molecule has 6 heteroatoms. The zero-order valence-electron chi connectivity index (χ0n) is 15.7. The molecular formula is C19H35IN4O. The van der Waals surface area contributed by atoms with Crippen molar-refractivity contribution >= 4 is 35.8 Å². The maximum Gasteiger partial charge on any atom is 0.221 e. The monoisotopic (exact) mass is 462 g/mol. The highest BCUT2D eigenvalue weighted by molar-refractivity contribution is 14.0. The molecule has 1 saturated heterocycles. The van der Waals surface area contributed by atoms with Gasteiger partial charge in [-0.05, 0) is 37.5 Å². The largest absolute Gasteiger partial charge is 0.356 e. The van der Waals surface area contributed by atoms with Crippen LogP contribution in [0, 0.1) is 5.41 Å². The van der Waals surface area contributed by atoms with Crippen LogP contribution in [0.2, 0.25) is 0 Å². The second-order valence-corrected chi connectivity index (χ2v) is 8.01. The van der Waals surface area contributed by atoms with Gasteiger partial charge in [-0.1, -0.05) is 32.1 Å². The lowest BCUT2D eigenvalue weighted by molar-refractivity contribution is -0.121. The molecule has 0 aromatic heterocycles. The molecule has 1 heterocycles. The normalized spacial score (nSPS) is 23.6. The van der Waals surface area contributed by atoms with Crippen LogP contribution in [-0.2, 0) is 4.79 Å². The zero-order chi connectivity index (χ0) is 16.8. The number of halogens is 1. The molecule has 2 saturated carbocycles. The van der Waals surface area contributed by atoms with Crippen LogP contribution in [-0.4, -0.2) is 49.5 Å². The first-order valence-electron chi connectivity index (χ1n) is 9.96. The van der Waals surface area contributed by atoms with Crippen LogP contribution in [0.4, 0.5) is 0 Å². The number of hydrogen-bond acceptors (Lipinski definition) is 2. The lowest BCUT2D eigenvalue weighted by atomic mass is 9.73. The fraction of sp³-hybridized carbons (Fsp3) is 0.895. The van der Waals surface area contributed by atoms with Gasteiger partial charge in [-0.3, -0.25) is 9.79 Å². The smallest absolute Gasteiger partial charge is 0.221 e. The maximum atomic E-state index is 12.0. The summed E-state index contributed by atoms with van der Waals surface area (Å²) >= 11 is 0. The van der Waals surface area contributed by atoms with Crippen LogP contribution in [0.15, 0.2) is 4.99 Å². The van der Waals surface area contributed by atoms with Crippen molar-refractivity contribution in [3.63, 3.8) is 0 Å². The van der Waals surface area contributed by atoms with Crippen molar-refractivity contribution in [2.24, 2.45) is 10.4 Å². The highest BCUT2D eigenvalue weighted by Gasteiger charge is 2.39. The molecule has 2 N–H and O–H groups in total. The van der Waals surface area contributed by atoms with Gasteiger partial charge < -0.3 is 15.5 Å². The number of nitrogens with one attached hydrogen (secondary N) is 2. The van der Waals surface area contributed by atoms with Gasteiger partial charge in [0.2, 0.25) is 5.91 Å². The van der Waals surface area contributed by atoms with Crippen molar-refractivity contribution in [2.75, 3.05) is 26.7 Å². The maximum absolute atomic E-state index is 12.0. The van der Waals surface area contributed by atoms with Gasteiger partial charge in [0.25, 0.3) is 0 Å². The Hall–Kier alpha value is -0.530. The number of hydrogen-bond donors (Lipinski definition) is 2. The molecule has 3 fully saturated rings. The van der Waals surface area contributed by atoms with Gasteiger partial charge in [-0.2, -0.15) is 0 Å². The molecule has 5 nitrogen and oxygen atoms in total. The number of rotatable bonds is 4. The molecule has 0 unspecified atom stereocenters. The Morgan fingerprint density at radius 2 is 1.84 bits per heavy atom. The Labute approximate surface area is 169 Å². The number of likely N-dealkylation sites (tertiary alicyclic amines) is 1. The molecule has 0 bridgehead atoms.